The lowest BCUT2D eigenvalue weighted by Gasteiger charge is -2.04. The Morgan fingerprint density at radius 3 is 1.61 bits per heavy atom. The lowest BCUT2D eigenvalue weighted by molar-refractivity contribution is 0.950. The van der Waals surface area contributed by atoms with Crippen LogP contribution in [0.5, 0.6) is 0 Å². The fourth-order valence-electron chi connectivity index (χ4n) is 1.29. The second kappa shape index (κ2) is 4.53. The van der Waals surface area contributed by atoms with Crippen LogP contribution in [0.3, 0.4) is 0 Å². The van der Waals surface area contributed by atoms with Crippen LogP contribution in [-0.4, -0.2) is 19.1 Å². The van der Waals surface area contributed by atoms with Gasteiger partial charge in [-0.15, -0.1) is 0 Å². The van der Waals surface area contributed by atoms with Crippen molar-refractivity contribution >= 4 is 24.0 Å². The normalized spacial score (nSPS) is 10.9. The number of aromatic nitrogens is 4. The standard InChI is InChI=1S/C10H10N6O2/c11-7-1-3-13-9(17)15(7)5-6-16-8(12)2-4-14-10(16)18/h1-6H,11-12H2/b6-5+. The molecule has 2 aromatic rings. The van der Waals surface area contributed by atoms with Crippen LogP contribution in [0.1, 0.15) is 0 Å². The van der Waals surface area contributed by atoms with E-state index >= 15 is 0 Å². The lowest BCUT2D eigenvalue weighted by Crippen LogP contribution is -2.23. The first-order chi connectivity index (χ1) is 8.59. The maximum absolute atomic E-state index is 11.4. The van der Waals surface area contributed by atoms with Gasteiger partial charge in [0, 0.05) is 24.8 Å². The van der Waals surface area contributed by atoms with Crippen molar-refractivity contribution in [1.82, 2.24) is 19.1 Å². The number of hydrogen-bond acceptors (Lipinski definition) is 6. The molecule has 4 N–H and O–H groups in total. The molecule has 0 bridgehead atoms. The van der Waals surface area contributed by atoms with Crippen LogP contribution in [-0.2, 0) is 0 Å². The van der Waals surface area contributed by atoms with Gasteiger partial charge >= 0.3 is 11.4 Å². The van der Waals surface area contributed by atoms with Crippen molar-refractivity contribution in [2.75, 3.05) is 11.5 Å². The van der Waals surface area contributed by atoms with E-state index in [9.17, 15) is 9.59 Å². The Kier molecular flexibility index (Phi) is 2.92. The number of nitrogens with zero attached hydrogens (tertiary/aromatic N) is 4. The Balaban J connectivity index is 2.49. The summed E-state index contributed by atoms with van der Waals surface area (Å²) in [5.41, 5.74) is 10.1. The summed E-state index contributed by atoms with van der Waals surface area (Å²) in [5.74, 6) is 0.392. The Morgan fingerprint density at radius 1 is 0.889 bits per heavy atom. The van der Waals surface area contributed by atoms with Crippen molar-refractivity contribution in [1.29, 1.82) is 0 Å². The van der Waals surface area contributed by atoms with Gasteiger partial charge in [-0.3, -0.25) is 9.13 Å². The Bertz CT molecular complexity index is 653. The van der Waals surface area contributed by atoms with E-state index in [0.717, 1.165) is 9.13 Å². The summed E-state index contributed by atoms with van der Waals surface area (Å²) in [7, 11) is 0. The van der Waals surface area contributed by atoms with Crippen LogP contribution in [0.25, 0.3) is 12.4 Å². The van der Waals surface area contributed by atoms with Gasteiger partial charge in [0.25, 0.3) is 0 Å². The Hall–Kier alpha value is -2.90. The molecule has 92 valence electrons. The number of hydrogen-bond donors (Lipinski definition) is 2. The van der Waals surface area contributed by atoms with E-state index in [-0.39, 0.29) is 11.6 Å². The third kappa shape index (κ3) is 2.12. The summed E-state index contributed by atoms with van der Waals surface area (Å²) in [5, 5.41) is 0. The monoisotopic (exact) mass is 246 g/mol. The summed E-state index contributed by atoms with van der Waals surface area (Å²) >= 11 is 0. The number of anilines is 2. The van der Waals surface area contributed by atoms with Crippen molar-refractivity contribution in [3.05, 3.63) is 45.5 Å². The molecule has 0 atom stereocenters. The third-order valence-electron chi connectivity index (χ3n) is 2.19. The van der Waals surface area contributed by atoms with Crippen molar-refractivity contribution < 1.29 is 0 Å². The topological polar surface area (TPSA) is 122 Å². The zero-order valence-corrected chi connectivity index (χ0v) is 9.22. The summed E-state index contributed by atoms with van der Waals surface area (Å²) in [6.07, 6.45) is 5.19. The summed E-state index contributed by atoms with van der Waals surface area (Å²) in [4.78, 5) is 29.9. The largest absolute Gasteiger partial charge is 0.385 e. The molecule has 0 saturated heterocycles. The molecule has 0 radical (unpaired) electrons. The molecule has 0 amide bonds. The van der Waals surface area contributed by atoms with Gasteiger partial charge in [0.15, 0.2) is 0 Å². The van der Waals surface area contributed by atoms with E-state index < -0.39 is 11.4 Å². The predicted octanol–water partition coefficient (Wildman–Crippen LogP) is -0.950. The molecule has 0 spiro atoms. The Morgan fingerprint density at radius 2 is 1.28 bits per heavy atom. The SMILES string of the molecule is Nc1ccnc(=O)n1/C=C/n1c(N)ccnc1=O. The molecular formula is C10H10N6O2. The average molecular weight is 246 g/mol. The van der Waals surface area contributed by atoms with Crippen LogP contribution in [0.2, 0.25) is 0 Å². The fraction of sp³-hybridized carbons (Fsp3) is 0. The van der Waals surface area contributed by atoms with Gasteiger partial charge in [-0.05, 0) is 12.1 Å². The molecule has 0 aliphatic heterocycles. The van der Waals surface area contributed by atoms with Gasteiger partial charge in [0.2, 0.25) is 0 Å². The minimum Gasteiger partial charge on any atom is -0.385 e. The molecule has 0 unspecified atom stereocenters. The van der Waals surface area contributed by atoms with Crippen LogP contribution >= 0.6 is 0 Å². The molecular weight excluding hydrogens is 236 g/mol. The minimum absolute atomic E-state index is 0.196. The van der Waals surface area contributed by atoms with Gasteiger partial charge in [-0.25, -0.2) is 19.6 Å². The second-order valence-electron chi connectivity index (χ2n) is 3.34. The van der Waals surface area contributed by atoms with Crippen LogP contribution in [0.15, 0.2) is 34.1 Å². The minimum atomic E-state index is -0.554. The second-order valence-corrected chi connectivity index (χ2v) is 3.34. The highest BCUT2D eigenvalue weighted by atomic mass is 16.1. The smallest absolute Gasteiger partial charge is 0.353 e. The van der Waals surface area contributed by atoms with E-state index in [0.29, 0.717) is 0 Å². The molecule has 0 saturated carbocycles. The average Bonchev–Trinajstić information content (AvgIpc) is 2.31. The van der Waals surface area contributed by atoms with Crippen molar-refractivity contribution in [2.45, 2.75) is 0 Å². The summed E-state index contributed by atoms with van der Waals surface area (Å²) < 4.78 is 2.16. The number of nitrogens with two attached hydrogens (primary N) is 2. The molecule has 0 aliphatic carbocycles. The van der Waals surface area contributed by atoms with Crippen LogP contribution < -0.4 is 22.8 Å². The molecule has 8 heteroatoms. The van der Waals surface area contributed by atoms with Crippen molar-refractivity contribution in [3.63, 3.8) is 0 Å². The Labute approximate surface area is 101 Å². The lowest BCUT2D eigenvalue weighted by atomic mass is 10.5. The number of nitrogen functional groups attached to an aromatic ring is 2. The van der Waals surface area contributed by atoms with Crippen molar-refractivity contribution in [3.8, 4) is 0 Å². The summed E-state index contributed by atoms with van der Waals surface area (Å²) in [6, 6.07) is 2.92. The highest BCUT2D eigenvalue weighted by Gasteiger charge is 1.99. The molecule has 0 aromatic carbocycles. The molecule has 0 fully saturated rings. The summed E-state index contributed by atoms with van der Waals surface area (Å²) in [6.45, 7) is 0. The van der Waals surface area contributed by atoms with E-state index in [4.69, 9.17) is 11.5 Å². The molecule has 18 heavy (non-hydrogen) atoms. The van der Waals surface area contributed by atoms with Crippen LogP contribution in [0.4, 0.5) is 11.6 Å². The molecule has 2 aromatic heterocycles. The third-order valence-corrected chi connectivity index (χ3v) is 2.19. The predicted molar refractivity (Wildman–Crippen MR) is 67.3 cm³/mol. The highest BCUT2D eigenvalue weighted by molar-refractivity contribution is 5.52. The maximum atomic E-state index is 11.4. The highest BCUT2D eigenvalue weighted by Crippen LogP contribution is 2.00. The van der Waals surface area contributed by atoms with Crippen molar-refractivity contribution in [2.24, 2.45) is 0 Å². The maximum Gasteiger partial charge on any atom is 0.353 e. The van der Waals surface area contributed by atoms with Crippen LogP contribution in [0, 0.1) is 0 Å². The molecule has 8 nitrogen and oxygen atoms in total. The molecule has 0 aliphatic rings. The number of rotatable bonds is 2. The van der Waals surface area contributed by atoms with Gasteiger partial charge in [0.05, 0.1) is 0 Å². The molecule has 2 rings (SSSR count). The zero-order valence-electron chi connectivity index (χ0n) is 9.22. The van der Waals surface area contributed by atoms with Gasteiger partial charge < -0.3 is 11.5 Å². The quantitative estimate of drug-likeness (QED) is 0.704. The van der Waals surface area contributed by atoms with Gasteiger partial charge in [0.1, 0.15) is 11.6 Å². The van der Waals surface area contributed by atoms with Gasteiger partial charge in [-0.2, -0.15) is 0 Å². The zero-order chi connectivity index (χ0) is 13.1. The first-order valence-electron chi connectivity index (χ1n) is 4.94. The van der Waals surface area contributed by atoms with E-state index in [1.807, 2.05) is 0 Å². The first-order valence-corrected chi connectivity index (χ1v) is 4.94. The fourth-order valence-corrected chi connectivity index (χ4v) is 1.29. The van der Waals surface area contributed by atoms with E-state index in [1.165, 1.54) is 36.9 Å². The first kappa shape index (κ1) is 11.6. The van der Waals surface area contributed by atoms with Gasteiger partial charge in [-0.1, -0.05) is 0 Å². The van der Waals surface area contributed by atoms with E-state index in [2.05, 4.69) is 9.97 Å². The van der Waals surface area contributed by atoms with E-state index in [1.54, 1.807) is 0 Å². The molecule has 2 heterocycles.